The summed E-state index contributed by atoms with van der Waals surface area (Å²) in [5, 5.41) is 19.7. The van der Waals surface area contributed by atoms with Gasteiger partial charge in [-0.3, -0.25) is 9.57 Å². The van der Waals surface area contributed by atoms with Gasteiger partial charge in [-0.25, -0.2) is 4.21 Å². The summed E-state index contributed by atoms with van der Waals surface area (Å²) in [6.45, 7) is 0. The Morgan fingerprint density at radius 3 is 2.00 bits per heavy atom. The van der Waals surface area contributed by atoms with Crippen molar-refractivity contribution in [1.29, 1.82) is 4.78 Å². The fraction of sp³-hybridized carbons (Fsp3) is 0.350. The lowest BCUT2D eigenvalue weighted by molar-refractivity contribution is -0.267. The molecule has 2 unspecified atom stereocenters. The molecular weight excluding hydrogens is 457 g/mol. The Morgan fingerprint density at radius 2 is 1.55 bits per heavy atom. The minimum atomic E-state index is -5.08. The predicted molar refractivity (Wildman–Crippen MR) is 112 cm³/mol. The summed E-state index contributed by atoms with van der Waals surface area (Å²) in [5.74, 6) is -2.61. The second kappa shape index (κ2) is 9.56. The Labute approximate surface area is 182 Å². The Bertz CT molecular complexity index is 1010. The topological polar surface area (TPSA) is 124 Å². The van der Waals surface area contributed by atoms with Crippen molar-refractivity contribution in [2.45, 2.75) is 30.7 Å². The number of alkyl halides is 3. The number of halogens is 4. The number of hydrogen-bond acceptors (Lipinski definition) is 5. The summed E-state index contributed by atoms with van der Waals surface area (Å²) in [5.41, 5.74) is 2.85. The van der Waals surface area contributed by atoms with Crippen molar-refractivity contribution in [3.63, 3.8) is 0 Å². The maximum atomic E-state index is 13.7. The molecule has 0 aliphatic rings. The molecule has 0 heterocycles. The standard InChI is InChI=1S/C20H22ClF3N2O4S/c21-16-7-3-14(4-8-16)13-1-5-15(6-2-13)19(29,20(22,23)24)10-12-31(26,30)11-9-17(25)18(27)28/h1-8,17,26,29H,9-12,25H2,(H,27,28)/t17-,19?,31?/m0/s1. The number of benzene rings is 2. The molecule has 3 atom stereocenters. The number of aliphatic hydroxyl groups is 1. The molecule has 0 aliphatic carbocycles. The van der Waals surface area contributed by atoms with Gasteiger partial charge in [0.25, 0.3) is 0 Å². The van der Waals surface area contributed by atoms with Crippen LogP contribution in [0.3, 0.4) is 0 Å². The first kappa shape index (κ1) is 25.1. The SMILES string of the molecule is N=S(=O)(CC[C@H](N)C(=O)O)CCC(O)(c1ccc(-c2ccc(Cl)cc2)cc1)C(F)(F)F. The van der Waals surface area contributed by atoms with E-state index in [1.54, 1.807) is 24.3 Å². The highest BCUT2D eigenvalue weighted by molar-refractivity contribution is 7.92. The minimum Gasteiger partial charge on any atom is -0.480 e. The van der Waals surface area contributed by atoms with Gasteiger partial charge in [0.1, 0.15) is 6.04 Å². The number of nitrogens with two attached hydrogens (primary N) is 1. The molecule has 31 heavy (non-hydrogen) atoms. The second-order valence-corrected chi connectivity index (χ2v) is 10.0. The molecule has 0 amide bonds. The highest BCUT2D eigenvalue weighted by atomic mass is 35.5. The van der Waals surface area contributed by atoms with E-state index >= 15 is 0 Å². The maximum absolute atomic E-state index is 13.7. The Balaban J connectivity index is 2.22. The van der Waals surface area contributed by atoms with Crippen molar-refractivity contribution in [3.05, 3.63) is 59.1 Å². The van der Waals surface area contributed by atoms with E-state index in [1.807, 2.05) is 0 Å². The van der Waals surface area contributed by atoms with E-state index in [4.69, 9.17) is 27.2 Å². The van der Waals surface area contributed by atoms with Gasteiger partial charge < -0.3 is 15.9 Å². The van der Waals surface area contributed by atoms with E-state index in [0.717, 1.165) is 17.7 Å². The largest absolute Gasteiger partial charge is 0.480 e. The molecule has 0 saturated heterocycles. The van der Waals surface area contributed by atoms with Crippen LogP contribution >= 0.6 is 11.6 Å². The van der Waals surface area contributed by atoms with Gasteiger partial charge in [-0.1, -0.05) is 48.0 Å². The van der Waals surface area contributed by atoms with Crippen molar-refractivity contribution in [3.8, 4) is 11.1 Å². The first-order valence-electron chi connectivity index (χ1n) is 9.13. The maximum Gasteiger partial charge on any atom is 0.421 e. The number of carboxylic acid groups (broad SMARTS) is 1. The van der Waals surface area contributed by atoms with E-state index in [2.05, 4.69) is 0 Å². The molecule has 5 N–H and O–H groups in total. The number of carbonyl (C=O) groups is 1. The molecule has 170 valence electrons. The van der Waals surface area contributed by atoms with Gasteiger partial charge in [-0.2, -0.15) is 13.2 Å². The highest BCUT2D eigenvalue weighted by Crippen LogP contribution is 2.42. The first-order chi connectivity index (χ1) is 14.2. The van der Waals surface area contributed by atoms with Gasteiger partial charge in [0.2, 0.25) is 0 Å². The van der Waals surface area contributed by atoms with Crippen LogP contribution in [0.4, 0.5) is 13.2 Å². The summed E-state index contributed by atoms with van der Waals surface area (Å²) >= 11 is 5.83. The summed E-state index contributed by atoms with van der Waals surface area (Å²) < 4.78 is 61.3. The zero-order valence-electron chi connectivity index (χ0n) is 16.2. The van der Waals surface area contributed by atoms with Crippen LogP contribution in [0.5, 0.6) is 0 Å². The highest BCUT2D eigenvalue weighted by Gasteiger charge is 2.54. The number of carboxylic acids is 1. The van der Waals surface area contributed by atoms with Crippen molar-refractivity contribution in [1.82, 2.24) is 0 Å². The third-order valence-corrected chi connectivity index (χ3v) is 6.89. The summed E-state index contributed by atoms with van der Waals surface area (Å²) in [7, 11) is -3.58. The molecule has 0 bridgehead atoms. The molecule has 0 aromatic heterocycles. The van der Waals surface area contributed by atoms with Crippen LogP contribution in [0.2, 0.25) is 5.02 Å². The Morgan fingerprint density at radius 1 is 1.06 bits per heavy atom. The number of rotatable bonds is 9. The van der Waals surface area contributed by atoms with Crippen molar-refractivity contribution >= 4 is 27.3 Å². The molecule has 2 rings (SSSR count). The summed E-state index contributed by atoms with van der Waals surface area (Å²) in [6, 6.07) is 10.4. The van der Waals surface area contributed by atoms with Crippen LogP contribution in [0.15, 0.2) is 48.5 Å². The van der Waals surface area contributed by atoms with E-state index in [9.17, 15) is 27.3 Å². The van der Waals surface area contributed by atoms with Gasteiger partial charge in [-0.05, 0) is 35.2 Å². The molecule has 0 aliphatic heterocycles. The smallest absolute Gasteiger partial charge is 0.421 e. The van der Waals surface area contributed by atoms with Crippen molar-refractivity contribution in [2.24, 2.45) is 5.73 Å². The average Bonchev–Trinajstić information content (AvgIpc) is 2.70. The van der Waals surface area contributed by atoms with Crippen LogP contribution in [-0.2, 0) is 20.1 Å². The van der Waals surface area contributed by atoms with Gasteiger partial charge in [0.05, 0.1) is 0 Å². The van der Waals surface area contributed by atoms with Gasteiger partial charge >= 0.3 is 12.1 Å². The Hall–Kier alpha value is -2.14. The Kier molecular flexibility index (Phi) is 7.75. The lowest BCUT2D eigenvalue weighted by Crippen LogP contribution is -2.44. The number of aliphatic carboxylic acids is 1. The lowest BCUT2D eigenvalue weighted by Gasteiger charge is -2.31. The van der Waals surface area contributed by atoms with Gasteiger partial charge in [-0.15, -0.1) is 0 Å². The van der Waals surface area contributed by atoms with Crippen LogP contribution in [0.1, 0.15) is 18.4 Å². The van der Waals surface area contributed by atoms with Crippen LogP contribution in [-0.4, -0.2) is 44.1 Å². The molecule has 2 aromatic rings. The van der Waals surface area contributed by atoms with Crippen molar-refractivity contribution in [2.75, 3.05) is 11.5 Å². The molecule has 0 saturated carbocycles. The zero-order chi connectivity index (χ0) is 23.4. The van der Waals surface area contributed by atoms with E-state index in [0.29, 0.717) is 10.6 Å². The number of nitrogens with one attached hydrogen (secondary N) is 1. The summed E-state index contributed by atoms with van der Waals surface area (Å²) in [4.78, 5) is 10.7. The molecule has 0 fully saturated rings. The van der Waals surface area contributed by atoms with E-state index < -0.39 is 57.0 Å². The average molecular weight is 479 g/mol. The van der Waals surface area contributed by atoms with Crippen LogP contribution < -0.4 is 5.73 Å². The summed E-state index contributed by atoms with van der Waals surface area (Å²) in [6.07, 6.45) is -6.42. The van der Waals surface area contributed by atoms with E-state index in [-0.39, 0.29) is 6.42 Å². The second-order valence-electron chi connectivity index (χ2n) is 7.15. The van der Waals surface area contributed by atoms with E-state index in [1.165, 1.54) is 12.1 Å². The molecule has 0 spiro atoms. The molecule has 6 nitrogen and oxygen atoms in total. The monoisotopic (exact) mass is 478 g/mol. The quantitative estimate of drug-likeness (QED) is 0.433. The van der Waals surface area contributed by atoms with Gasteiger partial charge in [0.15, 0.2) is 5.60 Å². The molecule has 0 radical (unpaired) electrons. The van der Waals surface area contributed by atoms with Crippen LogP contribution in [0, 0.1) is 4.78 Å². The molecule has 2 aromatic carbocycles. The van der Waals surface area contributed by atoms with Gasteiger partial charge in [0, 0.05) is 32.7 Å². The van der Waals surface area contributed by atoms with Crippen molar-refractivity contribution < 1.29 is 32.4 Å². The zero-order valence-corrected chi connectivity index (χ0v) is 17.8. The fourth-order valence-corrected chi connectivity index (χ4v) is 4.48. The lowest BCUT2D eigenvalue weighted by atomic mass is 9.89. The predicted octanol–water partition coefficient (Wildman–Crippen LogP) is 4.00. The third kappa shape index (κ3) is 6.42. The number of hydrogen-bond donors (Lipinski definition) is 4. The van der Waals surface area contributed by atoms with Crippen LogP contribution in [0.25, 0.3) is 11.1 Å². The minimum absolute atomic E-state index is 0.322. The molecular formula is C20H22ClF3N2O4S. The fourth-order valence-electron chi connectivity index (χ4n) is 2.89. The molecule has 11 heteroatoms. The third-order valence-electron chi connectivity index (χ3n) is 4.88. The normalized spacial score (nSPS) is 16.8. The first-order valence-corrected chi connectivity index (χ1v) is 11.4.